The van der Waals surface area contributed by atoms with E-state index < -0.39 is 14.1 Å². The zero-order chi connectivity index (χ0) is 21.0. The van der Waals surface area contributed by atoms with Crippen molar-refractivity contribution in [2.45, 2.75) is 86.8 Å². The lowest BCUT2D eigenvalue weighted by atomic mass is 9.93. The van der Waals surface area contributed by atoms with Crippen LogP contribution in [-0.2, 0) is 15.8 Å². The second-order valence-corrected chi connectivity index (χ2v) is 13.1. The van der Waals surface area contributed by atoms with E-state index in [1.807, 2.05) is 61.6 Å². The van der Waals surface area contributed by atoms with Gasteiger partial charge >= 0.3 is 0 Å². The van der Waals surface area contributed by atoms with Crippen LogP contribution in [0.25, 0.3) is 0 Å². The van der Waals surface area contributed by atoms with Gasteiger partial charge in [0.15, 0.2) is 11.5 Å². The second kappa shape index (κ2) is 9.19. The molecule has 1 rings (SSSR count). The first kappa shape index (κ1) is 23.6. The highest BCUT2D eigenvalue weighted by Crippen LogP contribution is 2.31. The normalized spacial score (nSPS) is 12.6. The van der Waals surface area contributed by atoms with Gasteiger partial charge < -0.3 is 18.7 Å². The molecule has 0 aromatic heterocycles. The molecule has 27 heavy (non-hydrogen) atoms. The summed E-state index contributed by atoms with van der Waals surface area (Å²) in [6.45, 7) is 17.5. The summed E-state index contributed by atoms with van der Waals surface area (Å²) in [5, 5.41) is 0.175. The first-order valence-corrected chi connectivity index (χ1v) is 12.4. The Morgan fingerprint density at radius 3 is 1.85 bits per heavy atom. The summed E-state index contributed by atoms with van der Waals surface area (Å²) >= 11 is 0. The lowest BCUT2D eigenvalue weighted by molar-refractivity contribution is -0.115. The number of ether oxygens (including phenoxy) is 2. The topological polar surface area (TPSA) is 44.8 Å². The standard InChI is InChI=1S/C21H35FO4Si/c1-14(2)25-17-10-16(11-18(20(17)22)26-15(3)4)13-24-27(8,9)19(23)12-21(5,6)7/h10-11,14-15H,12-13H2,1-9H3. The predicted octanol–water partition coefficient (Wildman–Crippen LogP) is 5.67. The van der Waals surface area contributed by atoms with E-state index in [4.69, 9.17) is 13.9 Å². The minimum atomic E-state index is -2.53. The lowest BCUT2D eigenvalue weighted by Gasteiger charge is -2.26. The van der Waals surface area contributed by atoms with Crippen LogP contribution in [0.15, 0.2) is 12.1 Å². The van der Waals surface area contributed by atoms with Crippen LogP contribution in [0.2, 0.25) is 13.1 Å². The second-order valence-electron chi connectivity index (χ2n) is 9.20. The Morgan fingerprint density at radius 2 is 1.48 bits per heavy atom. The zero-order valence-electron chi connectivity index (χ0n) is 18.2. The Kier molecular flexibility index (Phi) is 8.05. The Balaban J connectivity index is 3.03. The predicted molar refractivity (Wildman–Crippen MR) is 109 cm³/mol. The number of hydrogen-bond acceptors (Lipinski definition) is 4. The first-order valence-electron chi connectivity index (χ1n) is 9.54. The molecule has 0 aliphatic rings. The third kappa shape index (κ3) is 8.01. The van der Waals surface area contributed by atoms with Gasteiger partial charge in [0.05, 0.1) is 18.8 Å². The van der Waals surface area contributed by atoms with E-state index in [2.05, 4.69) is 0 Å². The summed E-state index contributed by atoms with van der Waals surface area (Å²) in [4.78, 5) is 12.6. The monoisotopic (exact) mass is 398 g/mol. The van der Waals surface area contributed by atoms with Crippen molar-refractivity contribution in [3.8, 4) is 11.5 Å². The largest absolute Gasteiger partial charge is 0.488 e. The highest BCUT2D eigenvalue weighted by Gasteiger charge is 2.35. The molecule has 6 heteroatoms. The molecule has 0 atom stereocenters. The Hall–Kier alpha value is -1.40. The summed E-state index contributed by atoms with van der Waals surface area (Å²) < 4.78 is 31.8. The van der Waals surface area contributed by atoms with Crippen LogP contribution in [0.5, 0.6) is 11.5 Å². The quantitative estimate of drug-likeness (QED) is 0.503. The zero-order valence-corrected chi connectivity index (χ0v) is 19.2. The van der Waals surface area contributed by atoms with Crippen LogP contribution in [0.3, 0.4) is 0 Å². The van der Waals surface area contributed by atoms with E-state index in [0.29, 0.717) is 6.42 Å². The Bertz CT molecular complexity index is 617. The maximum atomic E-state index is 14.6. The number of hydrogen-bond donors (Lipinski definition) is 0. The first-order chi connectivity index (χ1) is 12.2. The van der Waals surface area contributed by atoms with Gasteiger partial charge in [-0.15, -0.1) is 0 Å². The Morgan fingerprint density at radius 1 is 1.04 bits per heavy atom. The summed E-state index contributed by atoms with van der Waals surface area (Å²) in [5.74, 6) is -0.231. The third-order valence-corrected chi connectivity index (χ3v) is 6.14. The molecule has 1 aromatic rings. The fourth-order valence-electron chi connectivity index (χ4n) is 2.43. The van der Waals surface area contributed by atoms with Gasteiger partial charge in [0.25, 0.3) is 8.32 Å². The summed E-state index contributed by atoms with van der Waals surface area (Å²) in [5.41, 5.74) is 0.656. The summed E-state index contributed by atoms with van der Waals surface area (Å²) in [6.07, 6.45) is 0.155. The molecule has 0 N–H and O–H groups in total. The Labute approximate surface area is 164 Å². The van der Waals surface area contributed by atoms with Crippen molar-refractivity contribution < 1.29 is 23.1 Å². The minimum Gasteiger partial charge on any atom is -0.488 e. The van der Waals surface area contributed by atoms with Crippen LogP contribution in [0.4, 0.5) is 4.39 Å². The minimum absolute atomic E-state index is 0.0723. The SMILES string of the molecule is CC(C)Oc1cc(CO[Si](C)(C)C(=O)CC(C)(C)C)cc(OC(C)C)c1F. The molecule has 1 aromatic carbocycles. The summed E-state index contributed by atoms with van der Waals surface area (Å²) in [6, 6.07) is 3.25. The number of carbonyl (C=O) groups excluding carboxylic acids is 1. The average Bonchev–Trinajstić information content (AvgIpc) is 2.46. The molecule has 0 radical (unpaired) electrons. The lowest BCUT2D eigenvalue weighted by Crippen LogP contribution is -2.42. The van der Waals surface area contributed by atoms with Crippen molar-refractivity contribution in [1.82, 2.24) is 0 Å². The van der Waals surface area contributed by atoms with E-state index in [-0.39, 0.29) is 41.1 Å². The molecule has 0 aliphatic carbocycles. The van der Waals surface area contributed by atoms with Crippen molar-refractivity contribution in [3.05, 3.63) is 23.5 Å². The van der Waals surface area contributed by atoms with E-state index in [0.717, 1.165) is 5.56 Å². The number of rotatable bonds is 9. The van der Waals surface area contributed by atoms with Gasteiger partial charge in [0.2, 0.25) is 5.82 Å². The van der Waals surface area contributed by atoms with Crippen molar-refractivity contribution in [3.63, 3.8) is 0 Å². The van der Waals surface area contributed by atoms with Crippen LogP contribution in [0.1, 0.15) is 60.5 Å². The summed E-state index contributed by atoms with van der Waals surface area (Å²) in [7, 11) is -2.53. The average molecular weight is 399 g/mol. The van der Waals surface area contributed by atoms with E-state index >= 15 is 0 Å². The molecule has 154 valence electrons. The van der Waals surface area contributed by atoms with Crippen LogP contribution >= 0.6 is 0 Å². The number of halogens is 1. The van der Waals surface area contributed by atoms with E-state index in [9.17, 15) is 9.18 Å². The molecule has 0 bridgehead atoms. The van der Waals surface area contributed by atoms with Gasteiger partial charge in [-0.3, -0.25) is 0 Å². The molecule has 0 fully saturated rings. The molecule has 0 saturated carbocycles. The van der Waals surface area contributed by atoms with Crippen LogP contribution in [-0.4, -0.2) is 25.9 Å². The van der Waals surface area contributed by atoms with Crippen molar-refractivity contribution in [2.24, 2.45) is 5.41 Å². The van der Waals surface area contributed by atoms with Gasteiger partial charge in [-0.1, -0.05) is 20.8 Å². The maximum Gasteiger partial charge on any atom is 0.259 e. The van der Waals surface area contributed by atoms with Gasteiger partial charge in [0.1, 0.15) is 5.41 Å². The molecule has 0 heterocycles. The molecule has 4 nitrogen and oxygen atoms in total. The fraction of sp³-hybridized carbons (Fsp3) is 0.667. The maximum absolute atomic E-state index is 14.6. The molecule has 0 amide bonds. The highest BCUT2D eigenvalue weighted by atomic mass is 28.4. The van der Waals surface area contributed by atoms with Gasteiger partial charge in [-0.2, -0.15) is 4.39 Å². The van der Waals surface area contributed by atoms with Crippen molar-refractivity contribution in [2.75, 3.05) is 0 Å². The number of benzene rings is 1. The molecular weight excluding hydrogens is 363 g/mol. The molecule has 0 aliphatic heterocycles. The van der Waals surface area contributed by atoms with Crippen molar-refractivity contribution >= 4 is 13.7 Å². The van der Waals surface area contributed by atoms with Crippen molar-refractivity contribution in [1.29, 1.82) is 0 Å². The molecular formula is C21H35FO4Si. The fourth-order valence-corrected chi connectivity index (χ4v) is 4.07. The molecule has 0 unspecified atom stereocenters. The van der Waals surface area contributed by atoms with Gasteiger partial charge in [-0.25, -0.2) is 0 Å². The molecule has 0 saturated heterocycles. The van der Waals surface area contributed by atoms with E-state index in [1.54, 1.807) is 12.1 Å². The highest BCUT2D eigenvalue weighted by molar-refractivity contribution is 6.99. The van der Waals surface area contributed by atoms with Crippen LogP contribution < -0.4 is 9.47 Å². The van der Waals surface area contributed by atoms with Crippen LogP contribution in [0, 0.1) is 11.2 Å². The third-order valence-electron chi connectivity index (χ3n) is 3.75. The van der Waals surface area contributed by atoms with E-state index in [1.165, 1.54) is 0 Å². The smallest absolute Gasteiger partial charge is 0.259 e. The molecule has 0 spiro atoms. The van der Waals surface area contributed by atoms with Gasteiger partial charge in [-0.05, 0) is 63.9 Å². The number of carbonyl (C=O) groups is 1. The van der Waals surface area contributed by atoms with Gasteiger partial charge in [0, 0.05) is 6.42 Å².